The second-order valence-corrected chi connectivity index (χ2v) is 6.35. The number of unbranched alkanes of at least 4 members (excludes halogenated alkanes) is 1. The van der Waals surface area contributed by atoms with Crippen molar-refractivity contribution >= 4 is 29.9 Å². The Morgan fingerprint density at radius 3 is 2.52 bits per heavy atom. The van der Waals surface area contributed by atoms with Crippen molar-refractivity contribution in [3.05, 3.63) is 35.4 Å². The van der Waals surface area contributed by atoms with E-state index in [-0.39, 0.29) is 24.0 Å². The molecule has 1 fully saturated rings. The number of piperidine rings is 1. The first-order valence-electron chi connectivity index (χ1n) is 8.93. The minimum absolute atomic E-state index is 0. The second-order valence-electron chi connectivity index (χ2n) is 6.35. The third kappa shape index (κ3) is 7.61. The zero-order chi connectivity index (χ0) is 17.2. The van der Waals surface area contributed by atoms with Crippen LogP contribution in [0.15, 0.2) is 29.3 Å². The van der Waals surface area contributed by atoms with Crippen molar-refractivity contribution in [3.63, 3.8) is 0 Å². The predicted octanol–water partition coefficient (Wildman–Crippen LogP) is 3.11. The first-order valence-corrected chi connectivity index (χ1v) is 8.93. The molecule has 6 heteroatoms. The Labute approximate surface area is 168 Å². The average Bonchev–Trinajstić information content (AvgIpc) is 2.64. The largest absolute Gasteiger partial charge is 0.354 e. The van der Waals surface area contributed by atoms with E-state index in [1.807, 2.05) is 31.3 Å². The van der Waals surface area contributed by atoms with Crippen LogP contribution in [0.5, 0.6) is 0 Å². The Morgan fingerprint density at radius 1 is 1.28 bits per heavy atom. The van der Waals surface area contributed by atoms with Gasteiger partial charge in [-0.2, -0.15) is 5.26 Å². The third-order valence-electron chi connectivity index (χ3n) is 4.52. The molecule has 138 valence electrons. The zero-order valence-electron chi connectivity index (χ0n) is 15.3. The number of halogens is 1. The Hall–Kier alpha value is -1.33. The molecule has 0 aromatic heterocycles. The number of likely N-dealkylation sites (tertiary alicyclic amines) is 1. The van der Waals surface area contributed by atoms with Gasteiger partial charge in [0.15, 0.2) is 5.96 Å². The highest BCUT2D eigenvalue weighted by atomic mass is 127. The molecule has 0 bridgehead atoms. The number of rotatable bonds is 6. The van der Waals surface area contributed by atoms with E-state index in [9.17, 15) is 0 Å². The molecule has 0 unspecified atom stereocenters. The van der Waals surface area contributed by atoms with E-state index in [2.05, 4.69) is 33.5 Å². The van der Waals surface area contributed by atoms with Crippen LogP contribution in [-0.4, -0.2) is 43.6 Å². The van der Waals surface area contributed by atoms with Crippen LogP contribution in [0.4, 0.5) is 0 Å². The monoisotopic (exact) mass is 455 g/mol. The van der Waals surface area contributed by atoms with E-state index < -0.39 is 0 Å². The Bertz CT molecular complexity index is 556. The van der Waals surface area contributed by atoms with Crippen molar-refractivity contribution in [3.8, 4) is 6.07 Å². The number of nitrogens with zero attached hydrogens (tertiary/aromatic N) is 3. The quantitative estimate of drug-likeness (QED) is 0.393. The number of benzene rings is 1. The summed E-state index contributed by atoms with van der Waals surface area (Å²) in [6.07, 6.45) is 4.90. The number of nitrogens with one attached hydrogen (secondary N) is 2. The lowest BCUT2D eigenvalue weighted by Gasteiger charge is -2.33. The zero-order valence-corrected chi connectivity index (χ0v) is 17.6. The van der Waals surface area contributed by atoms with E-state index in [0.717, 1.165) is 11.5 Å². The topological polar surface area (TPSA) is 63.4 Å². The van der Waals surface area contributed by atoms with E-state index in [1.165, 1.54) is 45.3 Å². The van der Waals surface area contributed by atoms with E-state index in [1.54, 1.807) is 0 Å². The maximum absolute atomic E-state index is 8.84. The number of hydrogen-bond acceptors (Lipinski definition) is 3. The Morgan fingerprint density at radius 2 is 1.96 bits per heavy atom. The van der Waals surface area contributed by atoms with Crippen LogP contribution in [0.25, 0.3) is 0 Å². The summed E-state index contributed by atoms with van der Waals surface area (Å²) in [5.74, 6) is 0.853. The summed E-state index contributed by atoms with van der Waals surface area (Å²) in [4.78, 5) is 6.89. The molecule has 0 atom stereocenters. The Kier molecular flexibility index (Phi) is 10.5. The van der Waals surface area contributed by atoms with Gasteiger partial charge in [0.05, 0.1) is 11.6 Å². The summed E-state index contributed by atoms with van der Waals surface area (Å²) < 4.78 is 0. The molecule has 0 saturated carbocycles. The molecular weight excluding hydrogens is 425 g/mol. The van der Waals surface area contributed by atoms with Crippen LogP contribution in [0.3, 0.4) is 0 Å². The molecule has 2 rings (SSSR count). The lowest BCUT2D eigenvalue weighted by molar-refractivity contribution is 0.203. The lowest BCUT2D eigenvalue weighted by atomic mass is 10.0. The van der Waals surface area contributed by atoms with Crippen LogP contribution in [0, 0.1) is 11.3 Å². The van der Waals surface area contributed by atoms with Crippen molar-refractivity contribution in [1.82, 2.24) is 15.5 Å². The van der Waals surface area contributed by atoms with Gasteiger partial charge in [-0.3, -0.25) is 4.99 Å². The van der Waals surface area contributed by atoms with Gasteiger partial charge >= 0.3 is 0 Å². The minimum atomic E-state index is 0. The molecule has 5 nitrogen and oxygen atoms in total. The maximum Gasteiger partial charge on any atom is 0.191 e. The van der Waals surface area contributed by atoms with E-state index in [0.29, 0.717) is 18.2 Å². The lowest BCUT2D eigenvalue weighted by Crippen LogP contribution is -2.48. The predicted molar refractivity (Wildman–Crippen MR) is 114 cm³/mol. The summed E-state index contributed by atoms with van der Waals surface area (Å²) in [5.41, 5.74) is 1.84. The van der Waals surface area contributed by atoms with Gasteiger partial charge in [-0.05, 0) is 43.5 Å². The minimum Gasteiger partial charge on any atom is -0.354 e. The first-order chi connectivity index (χ1) is 11.7. The van der Waals surface area contributed by atoms with Crippen molar-refractivity contribution in [2.75, 3.05) is 26.7 Å². The smallest absolute Gasteiger partial charge is 0.191 e. The van der Waals surface area contributed by atoms with Gasteiger partial charge in [0, 0.05) is 32.7 Å². The van der Waals surface area contributed by atoms with Gasteiger partial charge in [0.25, 0.3) is 0 Å². The molecule has 0 radical (unpaired) electrons. The molecule has 2 N–H and O–H groups in total. The number of nitriles is 1. The highest BCUT2D eigenvalue weighted by Gasteiger charge is 2.19. The molecule has 1 aliphatic rings. The fourth-order valence-electron chi connectivity index (χ4n) is 2.95. The highest BCUT2D eigenvalue weighted by molar-refractivity contribution is 14.0. The third-order valence-corrected chi connectivity index (χ3v) is 4.52. The summed E-state index contributed by atoms with van der Waals surface area (Å²) in [6, 6.07) is 10.3. The summed E-state index contributed by atoms with van der Waals surface area (Å²) in [5, 5.41) is 15.7. The molecule has 0 spiro atoms. The van der Waals surface area contributed by atoms with Crippen LogP contribution in [0.1, 0.15) is 43.7 Å². The molecule has 1 aliphatic heterocycles. The normalized spacial score (nSPS) is 16.0. The highest BCUT2D eigenvalue weighted by Crippen LogP contribution is 2.11. The van der Waals surface area contributed by atoms with Crippen LogP contribution in [0.2, 0.25) is 0 Å². The van der Waals surface area contributed by atoms with Crippen LogP contribution < -0.4 is 10.6 Å². The average molecular weight is 455 g/mol. The molecule has 1 aromatic carbocycles. The molecule has 0 aliphatic carbocycles. The van der Waals surface area contributed by atoms with Crippen LogP contribution >= 0.6 is 24.0 Å². The van der Waals surface area contributed by atoms with Gasteiger partial charge < -0.3 is 15.5 Å². The van der Waals surface area contributed by atoms with Crippen molar-refractivity contribution in [2.45, 2.75) is 45.2 Å². The number of hydrogen-bond donors (Lipinski definition) is 2. The standard InChI is InChI=1S/C19H29N5.HI/c1-3-4-11-24-12-9-18(10-13-24)23-19(21-2)22-15-17-7-5-16(14-20)6-8-17;/h5-8,18H,3-4,9-13,15H2,1-2H3,(H2,21,22,23);1H. The van der Waals surface area contributed by atoms with Gasteiger partial charge in [-0.15, -0.1) is 24.0 Å². The van der Waals surface area contributed by atoms with Gasteiger partial charge in [-0.1, -0.05) is 25.5 Å². The maximum atomic E-state index is 8.84. The molecule has 25 heavy (non-hydrogen) atoms. The summed E-state index contributed by atoms with van der Waals surface area (Å²) in [7, 11) is 1.81. The molecule has 1 heterocycles. The Balaban J connectivity index is 0.00000312. The van der Waals surface area contributed by atoms with Crippen molar-refractivity contribution in [1.29, 1.82) is 5.26 Å². The molecular formula is C19H30IN5. The molecule has 0 amide bonds. The molecule has 1 saturated heterocycles. The summed E-state index contributed by atoms with van der Waals surface area (Å²) in [6.45, 7) is 6.53. The van der Waals surface area contributed by atoms with E-state index >= 15 is 0 Å². The summed E-state index contributed by atoms with van der Waals surface area (Å²) >= 11 is 0. The van der Waals surface area contributed by atoms with Gasteiger partial charge in [0.1, 0.15) is 0 Å². The first kappa shape index (κ1) is 21.7. The van der Waals surface area contributed by atoms with E-state index in [4.69, 9.17) is 5.26 Å². The van der Waals surface area contributed by atoms with Crippen molar-refractivity contribution in [2.24, 2.45) is 4.99 Å². The fourth-order valence-corrected chi connectivity index (χ4v) is 2.95. The van der Waals surface area contributed by atoms with Crippen molar-refractivity contribution < 1.29 is 0 Å². The SMILES string of the molecule is CCCCN1CCC(NC(=NC)NCc2ccc(C#N)cc2)CC1.I. The second kappa shape index (κ2) is 12.1. The number of aliphatic imine (C=N–C) groups is 1. The van der Waals surface area contributed by atoms with Crippen LogP contribution in [-0.2, 0) is 6.54 Å². The van der Waals surface area contributed by atoms with Gasteiger partial charge in [-0.25, -0.2) is 0 Å². The molecule has 1 aromatic rings. The fraction of sp³-hybridized carbons (Fsp3) is 0.579. The van der Waals surface area contributed by atoms with Gasteiger partial charge in [0.2, 0.25) is 0 Å². The number of guanidine groups is 1.